The van der Waals surface area contributed by atoms with Crippen LogP contribution < -0.4 is 16.6 Å². The van der Waals surface area contributed by atoms with Crippen molar-refractivity contribution in [2.24, 2.45) is 5.84 Å². The highest BCUT2D eigenvalue weighted by atomic mass is 16.3. The second kappa shape index (κ2) is 6.51. The van der Waals surface area contributed by atoms with Crippen LogP contribution in [-0.2, 0) is 6.42 Å². The lowest BCUT2D eigenvalue weighted by Gasteiger charge is -2.19. The Balaban J connectivity index is 2.93. The maximum Gasteiger partial charge on any atom is 0.148 e. The molecule has 2 unspecified atom stereocenters. The van der Waals surface area contributed by atoms with Crippen molar-refractivity contribution >= 4 is 11.6 Å². The molecule has 5 N–H and O–H groups in total. The number of anilines is 2. The molecule has 1 aromatic heterocycles. The predicted octanol–water partition coefficient (Wildman–Crippen LogP) is 1.20. The van der Waals surface area contributed by atoms with Crippen LogP contribution in [0.5, 0.6) is 0 Å². The van der Waals surface area contributed by atoms with Crippen molar-refractivity contribution in [2.45, 2.75) is 52.7 Å². The van der Waals surface area contributed by atoms with Crippen molar-refractivity contribution < 1.29 is 5.11 Å². The molecule has 0 aromatic carbocycles. The van der Waals surface area contributed by atoms with Crippen molar-refractivity contribution in [3.63, 3.8) is 0 Å². The summed E-state index contributed by atoms with van der Waals surface area (Å²) < 4.78 is 0. The molecular weight excluding hydrogens is 230 g/mol. The van der Waals surface area contributed by atoms with Crippen molar-refractivity contribution in [2.75, 3.05) is 10.7 Å². The summed E-state index contributed by atoms with van der Waals surface area (Å²) in [6.07, 6.45) is 1.07. The van der Waals surface area contributed by atoms with E-state index in [0.717, 1.165) is 23.6 Å². The quantitative estimate of drug-likeness (QED) is 0.449. The van der Waals surface area contributed by atoms with Gasteiger partial charge in [0.2, 0.25) is 0 Å². The zero-order valence-corrected chi connectivity index (χ0v) is 11.5. The molecule has 6 heteroatoms. The lowest BCUT2D eigenvalue weighted by molar-refractivity contribution is 0.179. The number of hydrogen-bond donors (Lipinski definition) is 4. The van der Waals surface area contributed by atoms with Crippen molar-refractivity contribution in [1.29, 1.82) is 0 Å². The molecule has 0 saturated carbocycles. The maximum absolute atomic E-state index is 9.37. The summed E-state index contributed by atoms with van der Waals surface area (Å²) in [5, 5.41) is 12.7. The van der Waals surface area contributed by atoms with Crippen LogP contribution in [0.25, 0.3) is 0 Å². The number of nitrogen functional groups attached to an aromatic ring is 1. The molecule has 0 aliphatic rings. The summed E-state index contributed by atoms with van der Waals surface area (Å²) >= 11 is 0. The minimum Gasteiger partial charge on any atom is -0.393 e. The molecule has 0 saturated heterocycles. The second-order valence-electron chi connectivity index (χ2n) is 4.59. The Labute approximate surface area is 108 Å². The average Bonchev–Trinajstić information content (AvgIpc) is 2.30. The molecule has 1 aromatic rings. The van der Waals surface area contributed by atoms with E-state index in [2.05, 4.69) is 20.7 Å². The highest BCUT2D eigenvalue weighted by Gasteiger charge is 2.12. The molecular formula is C12H23N5O. The zero-order valence-electron chi connectivity index (χ0n) is 11.5. The van der Waals surface area contributed by atoms with Gasteiger partial charge in [0.15, 0.2) is 0 Å². The van der Waals surface area contributed by atoms with Crippen LogP contribution in [-0.4, -0.2) is 27.2 Å². The molecule has 0 fully saturated rings. The first-order valence-corrected chi connectivity index (χ1v) is 6.26. The molecule has 0 radical (unpaired) electrons. The fourth-order valence-corrected chi connectivity index (χ4v) is 1.81. The molecule has 102 valence electrons. The van der Waals surface area contributed by atoms with Crippen LogP contribution in [0.15, 0.2) is 0 Å². The van der Waals surface area contributed by atoms with E-state index < -0.39 is 0 Å². The number of aliphatic hydroxyl groups is 1. The number of aromatic nitrogens is 2. The van der Waals surface area contributed by atoms with Crippen LogP contribution in [0.3, 0.4) is 0 Å². The van der Waals surface area contributed by atoms with Gasteiger partial charge in [-0.3, -0.25) is 0 Å². The van der Waals surface area contributed by atoms with Gasteiger partial charge in [0.25, 0.3) is 0 Å². The van der Waals surface area contributed by atoms with Gasteiger partial charge in [-0.2, -0.15) is 0 Å². The number of rotatable bonds is 6. The van der Waals surface area contributed by atoms with Crippen LogP contribution in [0, 0.1) is 6.92 Å². The lowest BCUT2D eigenvalue weighted by atomic mass is 10.1. The Morgan fingerprint density at radius 2 is 1.89 bits per heavy atom. The molecule has 0 bridgehead atoms. The second-order valence-corrected chi connectivity index (χ2v) is 4.59. The normalized spacial score (nSPS) is 14.1. The Morgan fingerprint density at radius 1 is 1.28 bits per heavy atom. The monoisotopic (exact) mass is 253 g/mol. The van der Waals surface area contributed by atoms with E-state index in [1.807, 2.05) is 20.8 Å². The first-order valence-electron chi connectivity index (χ1n) is 6.26. The van der Waals surface area contributed by atoms with Gasteiger partial charge in [0, 0.05) is 18.0 Å². The molecule has 0 spiro atoms. The smallest absolute Gasteiger partial charge is 0.148 e. The molecule has 1 rings (SSSR count). The first kappa shape index (κ1) is 14.7. The van der Waals surface area contributed by atoms with Crippen molar-refractivity contribution in [3.8, 4) is 0 Å². The minimum atomic E-state index is -0.340. The van der Waals surface area contributed by atoms with E-state index >= 15 is 0 Å². The van der Waals surface area contributed by atoms with Gasteiger partial charge < -0.3 is 15.8 Å². The SMILES string of the molecule is CCc1nc(NN)c(C)c(NC(C)CC(C)O)n1. The first-order chi connectivity index (χ1) is 8.47. The van der Waals surface area contributed by atoms with E-state index in [9.17, 15) is 5.11 Å². The van der Waals surface area contributed by atoms with Crippen LogP contribution >= 0.6 is 0 Å². The summed E-state index contributed by atoms with van der Waals surface area (Å²) in [7, 11) is 0. The largest absolute Gasteiger partial charge is 0.393 e. The Hall–Kier alpha value is -1.40. The number of aryl methyl sites for hydroxylation is 1. The standard InChI is InChI=1S/C12H23N5O/c1-5-10-15-11(9(4)12(16-10)17-13)14-7(2)6-8(3)18/h7-8,18H,5-6,13H2,1-4H3,(H2,14,15,16,17). The van der Waals surface area contributed by atoms with E-state index in [1.54, 1.807) is 6.92 Å². The van der Waals surface area contributed by atoms with Gasteiger partial charge in [-0.05, 0) is 27.2 Å². The topological polar surface area (TPSA) is 96.1 Å². The molecule has 0 aliphatic heterocycles. The molecule has 2 atom stereocenters. The van der Waals surface area contributed by atoms with Crippen LogP contribution in [0.2, 0.25) is 0 Å². The third kappa shape index (κ3) is 3.82. The van der Waals surface area contributed by atoms with E-state index in [4.69, 9.17) is 5.84 Å². The number of nitrogens with zero attached hydrogens (tertiary/aromatic N) is 2. The van der Waals surface area contributed by atoms with Crippen LogP contribution in [0.1, 0.15) is 38.6 Å². The number of nitrogens with two attached hydrogens (primary N) is 1. The van der Waals surface area contributed by atoms with Gasteiger partial charge >= 0.3 is 0 Å². The van der Waals surface area contributed by atoms with Gasteiger partial charge in [-0.25, -0.2) is 15.8 Å². The number of hydrazine groups is 1. The van der Waals surface area contributed by atoms with Gasteiger partial charge in [0.05, 0.1) is 6.10 Å². The average molecular weight is 253 g/mol. The third-order valence-corrected chi connectivity index (χ3v) is 2.72. The number of aliphatic hydroxyl groups excluding tert-OH is 1. The molecule has 0 aliphatic carbocycles. The molecule has 6 nitrogen and oxygen atoms in total. The fourth-order valence-electron chi connectivity index (χ4n) is 1.81. The summed E-state index contributed by atoms with van der Waals surface area (Å²) in [5.41, 5.74) is 3.47. The maximum atomic E-state index is 9.37. The third-order valence-electron chi connectivity index (χ3n) is 2.72. The summed E-state index contributed by atoms with van der Waals surface area (Å²) in [4.78, 5) is 8.75. The highest BCUT2D eigenvalue weighted by molar-refractivity contribution is 5.57. The Kier molecular flexibility index (Phi) is 5.30. The number of nitrogens with one attached hydrogen (secondary N) is 2. The summed E-state index contributed by atoms with van der Waals surface area (Å²) in [6, 6.07) is 0.133. The van der Waals surface area contributed by atoms with Crippen molar-refractivity contribution in [1.82, 2.24) is 9.97 Å². The molecule has 18 heavy (non-hydrogen) atoms. The van der Waals surface area contributed by atoms with E-state index in [-0.39, 0.29) is 12.1 Å². The van der Waals surface area contributed by atoms with E-state index in [1.165, 1.54) is 0 Å². The Bertz CT molecular complexity index is 394. The summed E-state index contributed by atoms with van der Waals surface area (Å²) in [5.74, 6) is 7.58. The van der Waals surface area contributed by atoms with Gasteiger partial charge in [-0.15, -0.1) is 0 Å². The molecule has 0 amide bonds. The van der Waals surface area contributed by atoms with Gasteiger partial charge in [0.1, 0.15) is 17.5 Å². The highest BCUT2D eigenvalue weighted by Crippen LogP contribution is 2.20. The zero-order chi connectivity index (χ0) is 13.7. The fraction of sp³-hybridized carbons (Fsp3) is 0.667. The minimum absolute atomic E-state index is 0.133. The van der Waals surface area contributed by atoms with Gasteiger partial charge in [-0.1, -0.05) is 6.92 Å². The van der Waals surface area contributed by atoms with Crippen molar-refractivity contribution in [3.05, 3.63) is 11.4 Å². The van der Waals surface area contributed by atoms with E-state index in [0.29, 0.717) is 12.2 Å². The Morgan fingerprint density at radius 3 is 2.39 bits per heavy atom. The predicted molar refractivity (Wildman–Crippen MR) is 73.3 cm³/mol. The molecule has 1 heterocycles. The number of hydrogen-bond acceptors (Lipinski definition) is 6. The van der Waals surface area contributed by atoms with Crippen LogP contribution in [0.4, 0.5) is 11.6 Å². The summed E-state index contributed by atoms with van der Waals surface area (Å²) in [6.45, 7) is 7.69. The lowest BCUT2D eigenvalue weighted by Crippen LogP contribution is -2.23.